The van der Waals surface area contributed by atoms with E-state index in [0.29, 0.717) is 5.56 Å². The molecule has 0 radical (unpaired) electrons. The van der Waals surface area contributed by atoms with Crippen molar-refractivity contribution in [3.63, 3.8) is 0 Å². The fraction of sp³-hybridized carbons (Fsp3) is 0.176. The summed E-state index contributed by atoms with van der Waals surface area (Å²) in [4.78, 5) is 11.1. The van der Waals surface area contributed by atoms with E-state index in [1.807, 2.05) is 6.07 Å². The number of guanidine groups is 1. The average Bonchev–Trinajstić information content (AvgIpc) is 2.58. The summed E-state index contributed by atoms with van der Waals surface area (Å²) in [5.74, 6) is -2.11. The standard InChI is InChI=1S/C17H19N3O5S/c1-25-14-8-7-12(9-15(14)26(23,24)20-17(18)19)13(10-16(21)22)11-5-3-2-4-6-11/h2-9,13H,10H2,1H3,(H,21,22)(H4,18,19,20). The smallest absolute Gasteiger partial charge is 0.304 e. The lowest BCUT2D eigenvalue weighted by Gasteiger charge is -2.18. The number of benzene rings is 2. The molecule has 2 rings (SSSR count). The summed E-state index contributed by atoms with van der Waals surface area (Å²) < 4.78 is 33.2. The maximum Gasteiger partial charge on any atom is 0.304 e. The largest absolute Gasteiger partial charge is 0.495 e. The molecule has 9 heteroatoms. The summed E-state index contributed by atoms with van der Waals surface area (Å²) in [6.45, 7) is 0. The van der Waals surface area contributed by atoms with Crippen LogP contribution in [0.4, 0.5) is 0 Å². The Morgan fingerprint density at radius 3 is 2.35 bits per heavy atom. The highest BCUT2D eigenvalue weighted by molar-refractivity contribution is 7.90. The first-order chi connectivity index (χ1) is 12.2. The average molecular weight is 377 g/mol. The summed E-state index contributed by atoms with van der Waals surface area (Å²) in [5, 5.41) is 9.26. The van der Waals surface area contributed by atoms with Crippen molar-refractivity contribution in [3.05, 3.63) is 59.7 Å². The van der Waals surface area contributed by atoms with Gasteiger partial charge in [-0.3, -0.25) is 4.79 Å². The third-order valence-electron chi connectivity index (χ3n) is 3.67. The van der Waals surface area contributed by atoms with Gasteiger partial charge < -0.3 is 21.3 Å². The number of methoxy groups -OCH3 is 1. The molecule has 0 saturated carbocycles. The number of aliphatic carboxylic acids is 1. The van der Waals surface area contributed by atoms with Gasteiger partial charge in [0.25, 0.3) is 10.0 Å². The number of nitrogens with two attached hydrogens (primary N) is 2. The molecule has 0 fully saturated rings. The molecule has 0 saturated heterocycles. The lowest BCUT2D eigenvalue weighted by atomic mass is 9.88. The van der Waals surface area contributed by atoms with Crippen molar-refractivity contribution in [2.45, 2.75) is 17.2 Å². The zero-order valence-corrected chi connectivity index (χ0v) is 14.8. The van der Waals surface area contributed by atoms with Gasteiger partial charge in [-0.25, -0.2) is 0 Å². The van der Waals surface area contributed by atoms with E-state index in [0.717, 1.165) is 5.56 Å². The summed E-state index contributed by atoms with van der Waals surface area (Å²) in [7, 11) is -2.89. The molecule has 0 amide bonds. The maximum atomic E-state index is 12.4. The van der Waals surface area contributed by atoms with Gasteiger partial charge in [-0.15, -0.1) is 4.40 Å². The number of carboxylic acid groups (broad SMARTS) is 1. The van der Waals surface area contributed by atoms with Crippen LogP contribution in [-0.4, -0.2) is 32.6 Å². The topological polar surface area (TPSA) is 145 Å². The first kappa shape index (κ1) is 19.3. The van der Waals surface area contributed by atoms with Crippen molar-refractivity contribution >= 4 is 22.0 Å². The summed E-state index contributed by atoms with van der Waals surface area (Å²) >= 11 is 0. The first-order valence-electron chi connectivity index (χ1n) is 7.55. The lowest BCUT2D eigenvalue weighted by molar-refractivity contribution is -0.137. The number of nitrogens with zero attached hydrogens (tertiary/aromatic N) is 1. The van der Waals surface area contributed by atoms with Crippen LogP contribution in [0.3, 0.4) is 0 Å². The van der Waals surface area contributed by atoms with Gasteiger partial charge in [-0.05, 0) is 23.3 Å². The van der Waals surface area contributed by atoms with Crippen LogP contribution in [0.1, 0.15) is 23.5 Å². The fourth-order valence-electron chi connectivity index (χ4n) is 2.59. The Kier molecular flexibility index (Phi) is 5.83. The van der Waals surface area contributed by atoms with Crippen LogP contribution in [0.5, 0.6) is 5.75 Å². The van der Waals surface area contributed by atoms with Crippen LogP contribution in [0.2, 0.25) is 0 Å². The van der Waals surface area contributed by atoms with E-state index in [1.54, 1.807) is 30.3 Å². The number of sulfonamides is 1. The second kappa shape index (κ2) is 7.87. The molecule has 2 aromatic rings. The Bertz CT molecular complexity index is 923. The molecule has 2 aromatic carbocycles. The highest BCUT2D eigenvalue weighted by Gasteiger charge is 2.24. The monoisotopic (exact) mass is 377 g/mol. The number of rotatable bonds is 7. The molecule has 1 atom stereocenters. The van der Waals surface area contributed by atoms with Crippen molar-refractivity contribution in [2.24, 2.45) is 15.9 Å². The quantitative estimate of drug-likeness (QED) is 0.486. The number of carboxylic acids is 1. The summed E-state index contributed by atoms with van der Waals surface area (Å²) in [6.07, 6.45) is -0.210. The number of hydrogen-bond acceptors (Lipinski definition) is 4. The number of carbonyl (C=O) groups is 1. The minimum atomic E-state index is -4.20. The molecule has 1 unspecified atom stereocenters. The third-order valence-corrected chi connectivity index (χ3v) is 5.00. The van der Waals surface area contributed by atoms with Gasteiger partial charge in [0, 0.05) is 5.92 Å². The molecule has 0 spiro atoms. The van der Waals surface area contributed by atoms with Crippen LogP contribution in [-0.2, 0) is 14.8 Å². The fourth-order valence-corrected chi connectivity index (χ4v) is 3.65. The second-order valence-corrected chi connectivity index (χ2v) is 7.04. The zero-order chi connectivity index (χ0) is 19.3. The molecule has 0 bridgehead atoms. The summed E-state index contributed by atoms with van der Waals surface area (Å²) in [6, 6.07) is 13.3. The normalized spacial score (nSPS) is 12.2. The first-order valence-corrected chi connectivity index (χ1v) is 8.99. The van der Waals surface area contributed by atoms with Crippen molar-refractivity contribution in [1.82, 2.24) is 0 Å². The Labute approximate surface area is 151 Å². The molecule has 0 aliphatic carbocycles. The molecule has 0 aliphatic rings. The SMILES string of the molecule is COc1ccc(C(CC(=O)O)c2ccccc2)cc1S(=O)(=O)N=C(N)N. The number of hydrogen-bond donors (Lipinski definition) is 3. The van der Waals surface area contributed by atoms with E-state index in [9.17, 15) is 18.3 Å². The van der Waals surface area contributed by atoms with E-state index in [-0.39, 0.29) is 17.1 Å². The Morgan fingerprint density at radius 2 is 1.81 bits per heavy atom. The third kappa shape index (κ3) is 4.51. The number of ether oxygens (including phenoxy) is 1. The zero-order valence-electron chi connectivity index (χ0n) is 14.0. The highest BCUT2D eigenvalue weighted by atomic mass is 32.2. The van der Waals surface area contributed by atoms with Gasteiger partial charge in [-0.2, -0.15) is 8.42 Å². The van der Waals surface area contributed by atoms with Gasteiger partial charge in [0.2, 0.25) is 5.96 Å². The minimum absolute atomic E-state index is 0.0564. The lowest BCUT2D eigenvalue weighted by Crippen LogP contribution is -2.24. The van der Waals surface area contributed by atoms with Gasteiger partial charge in [0.05, 0.1) is 13.5 Å². The highest BCUT2D eigenvalue weighted by Crippen LogP contribution is 2.34. The molecule has 8 nitrogen and oxygen atoms in total. The van der Waals surface area contributed by atoms with Gasteiger partial charge in [-0.1, -0.05) is 36.4 Å². The predicted molar refractivity (Wildman–Crippen MR) is 96.5 cm³/mol. The van der Waals surface area contributed by atoms with Gasteiger partial charge in [0.1, 0.15) is 10.6 Å². The van der Waals surface area contributed by atoms with Crippen molar-refractivity contribution in [1.29, 1.82) is 0 Å². The van der Waals surface area contributed by atoms with Crippen LogP contribution in [0, 0.1) is 0 Å². The van der Waals surface area contributed by atoms with Crippen LogP contribution < -0.4 is 16.2 Å². The van der Waals surface area contributed by atoms with E-state index >= 15 is 0 Å². The van der Waals surface area contributed by atoms with Crippen molar-refractivity contribution in [3.8, 4) is 5.75 Å². The molecular weight excluding hydrogens is 358 g/mol. The molecule has 138 valence electrons. The van der Waals surface area contributed by atoms with Crippen molar-refractivity contribution in [2.75, 3.05) is 7.11 Å². The Morgan fingerprint density at radius 1 is 1.15 bits per heavy atom. The molecule has 0 aromatic heterocycles. The van der Waals surface area contributed by atoms with E-state index < -0.39 is 27.9 Å². The van der Waals surface area contributed by atoms with E-state index in [4.69, 9.17) is 16.2 Å². The van der Waals surface area contributed by atoms with Crippen LogP contribution in [0.15, 0.2) is 57.8 Å². The molecule has 0 heterocycles. The molecule has 0 aliphatic heterocycles. The minimum Gasteiger partial charge on any atom is -0.495 e. The van der Waals surface area contributed by atoms with Crippen LogP contribution >= 0.6 is 0 Å². The van der Waals surface area contributed by atoms with Gasteiger partial charge in [0.15, 0.2) is 0 Å². The predicted octanol–water partition coefficient (Wildman–Crippen LogP) is 1.26. The Hall–Kier alpha value is -3.07. The van der Waals surface area contributed by atoms with E-state index in [2.05, 4.69) is 4.40 Å². The maximum absolute atomic E-state index is 12.4. The Balaban J connectivity index is 2.63. The van der Waals surface area contributed by atoms with Crippen LogP contribution in [0.25, 0.3) is 0 Å². The molecular formula is C17H19N3O5S. The second-order valence-electron chi connectivity index (χ2n) is 5.46. The van der Waals surface area contributed by atoms with E-state index in [1.165, 1.54) is 19.2 Å². The van der Waals surface area contributed by atoms with Crippen molar-refractivity contribution < 1.29 is 23.1 Å². The van der Waals surface area contributed by atoms with Gasteiger partial charge >= 0.3 is 5.97 Å². The molecule has 26 heavy (non-hydrogen) atoms. The summed E-state index contributed by atoms with van der Waals surface area (Å²) in [5.41, 5.74) is 11.6. The molecule has 5 N–H and O–H groups in total.